The number of hydrogen-bond acceptors (Lipinski definition) is 6. The zero-order valence-electron chi connectivity index (χ0n) is 16.8. The van der Waals surface area contributed by atoms with Gasteiger partial charge >= 0.3 is 5.97 Å². The molecule has 3 aromatic rings. The second-order valence-corrected chi connectivity index (χ2v) is 6.33. The van der Waals surface area contributed by atoms with Gasteiger partial charge in [0.15, 0.2) is 13.2 Å². The summed E-state index contributed by atoms with van der Waals surface area (Å²) >= 11 is 0. The van der Waals surface area contributed by atoms with Crippen molar-refractivity contribution >= 4 is 11.8 Å². The smallest absolute Gasteiger partial charge is 0.344 e. The van der Waals surface area contributed by atoms with Gasteiger partial charge in [-0.1, -0.05) is 42.5 Å². The summed E-state index contributed by atoms with van der Waals surface area (Å²) in [5, 5.41) is 0. The van der Waals surface area contributed by atoms with Crippen LogP contribution in [-0.4, -0.2) is 39.2 Å². The van der Waals surface area contributed by atoms with Crippen molar-refractivity contribution in [1.82, 2.24) is 0 Å². The largest absolute Gasteiger partial charge is 0.497 e. The summed E-state index contributed by atoms with van der Waals surface area (Å²) in [6, 6.07) is 22.2. The van der Waals surface area contributed by atoms with Crippen LogP contribution >= 0.6 is 0 Å². The number of methoxy groups -OCH3 is 2. The average Bonchev–Trinajstić information content (AvgIpc) is 2.81. The predicted molar refractivity (Wildman–Crippen MR) is 112 cm³/mol. The van der Waals surface area contributed by atoms with Crippen LogP contribution in [0.1, 0.15) is 10.4 Å². The van der Waals surface area contributed by atoms with Crippen LogP contribution in [0.15, 0.2) is 72.8 Å². The summed E-state index contributed by atoms with van der Waals surface area (Å²) in [4.78, 5) is 24.4. The van der Waals surface area contributed by atoms with E-state index in [1.807, 2.05) is 42.5 Å². The zero-order chi connectivity index (χ0) is 21.3. The van der Waals surface area contributed by atoms with E-state index in [4.69, 9.17) is 18.9 Å². The van der Waals surface area contributed by atoms with Crippen molar-refractivity contribution in [2.75, 3.05) is 27.4 Å². The summed E-state index contributed by atoms with van der Waals surface area (Å²) in [5.74, 6) is 0.385. The van der Waals surface area contributed by atoms with Crippen LogP contribution in [0.5, 0.6) is 17.2 Å². The van der Waals surface area contributed by atoms with Crippen LogP contribution in [0.4, 0.5) is 0 Å². The van der Waals surface area contributed by atoms with Gasteiger partial charge in [-0.25, -0.2) is 4.79 Å². The lowest BCUT2D eigenvalue weighted by atomic mass is 10.1. The molecule has 0 atom stereocenters. The molecule has 3 rings (SSSR count). The van der Waals surface area contributed by atoms with Gasteiger partial charge in [-0.3, -0.25) is 4.79 Å². The molecule has 0 aliphatic carbocycles. The van der Waals surface area contributed by atoms with E-state index in [0.29, 0.717) is 17.2 Å². The lowest BCUT2D eigenvalue weighted by Gasteiger charge is -2.10. The summed E-state index contributed by atoms with van der Waals surface area (Å²) < 4.78 is 20.8. The van der Waals surface area contributed by atoms with Gasteiger partial charge < -0.3 is 18.9 Å². The fourth-order valence-corrected chi connectivity index (χ4v) is 2.81. The first-order chi connectivity index (χ1) is 14.6. The molecule has 0 fully saturated rings. The van der Waals surface area contributed by atoms with Crippen molar-refractivity contribution in [3.63, 3.8) is 0 Å². The maximum absolute atomic E-state index is 12.4. The molecule has 6 nitrogen and oxygen atoms in total. The van der Waals surface area contributed by atoms with Crippen molar-refractivity contribution in [3.05, 3.63) is 78.4 Å². The molecule has 0 unspecified atom stereocenters. The second-order valence-electron chi connectivity index (χ2n) is 6.33. The van der Waals surface area contributed by atoms with E-state index in [0.717, 1.165) is 11.1 Å². The number of carbonyl (C=O) groups excluding carboxylic acids is 2. The van der Waals surface area contributed by atoms with Gasteiger partial charge in [-0.15, -0.1) is 0 Å². The van der Waals surface area contributed by atoms with Gasteiger partial charge in [-0.05, 0) is 41.5 Å². The van der Waals surface area contributed by atoms with Crippen LogP contribution in [0.3, 0.4) is 0 Å². The quantitative estimate of drug-likeness (QED) is 0.392. The van der Waals surface area contributed by atoms with Crippen LogP contribution in [0.2, 0.25) is 0 Å². The molecule has 0 aromatic heterocycles. The van der Waals surface area contributed by atoms with Gasteiger partial charge in [0.2, 0.25) is 5.78 Å². The lowest BCUT2D eigenvalue weighted by Crippen LogP contribution is -2.20. The fourth-order valence-electron chi connectivity index (χ4n) is 2.81. The highest BCUT2D eigenvalue weighted by atomic mass is 16.6. The van der Waals surface area contributed by atoms with E-state index in [2.05, 4.69) is 0 Å². The molecule has 30 heavy (non-hydrogen) atoms. The monoisotopic (exact) mass is 406 g/mol. The normalized spacial score (nSPS) is 10.2. The first-order valence-corrected chi connectivity index (χ1v) is 9.30. The molecule has 6 heteroatoms. The summed E-state index contributed by atoms with van der Waals surface area (Å²) in [5.41, 5.74) is 2.42. The highest BCUT2D eigenvalue weighted by Gasteiger charge is 2.16. The Bertz CT molecular complexity index is 996. The fraction of sp³-hybridized carbons (Fsp3) is 0.167. The molecule has 0 spiro atoms. The van der Waals surface area contributed by atoms with Crippen molar-refractivity contribution in [3.8, 4) is 28.4 Å². The van der Waals surface area contributed by atoms with Gasteiger partial charge in [0, 0.05) is 0 Å². The number of benzene rings is 3. The number of esters is 1. The first kappa shape index (κ1) is 20.9. The SMILES string of the molecule is COc1ccc(OC)c(C(=O)COC(=O)COc2ccc(-c3ccccc3)cc2)c1. The maximum atomic E-state index is 12.4. The Hall–Kier alpha value is -3.80. The van der Waals surface area contributed by atoms with E-state index in [1.165, 1.54) is 14.2 Å². The Morgan fingerprint density at radius 1 is 0.733 bits per heavy atom. The highest BCUT2D eigenvalue weighted by molar-refractivity contribution is 6.00. The summed E-state index contributed by atoms with van der Waals surface area (Å²) in [6.45, 7) is -0.716. The Morgan fingerprint density at radius 2 is 1.40 bits per heavy atom. The number of carbonyl (C=O) groups is 2. The molecule has 0 amide bonds. The van der Waals surface area contributed by atoms with Crippen molar-refractivity contribution in [1.29, 1.82) is 0 Å². The molecule has 154 valence electrons. The molecule has 0 bridgehead atoms. The van der Waals surface area contributed by atoms with Crippen LogP contribution in [-0.2, 0) is 9.53 Å². The molecular formula is C24H22O6. The van der Waals surface area contributed by atoms with Crippen molar-refractivity contribution in [2.24, 2.45) is 0 Å². The topological polar surface area (TPSA) is 71.1 Å². The molecule has 0 heterocycles. The third kappa shape index (κ3) is 5.38. The van der Waals surface area contributed by atoms with E-state index >= 15 is 0 Å². The number of hydrogen-bond donors (Lipinski definition) is 0. The zero-order valence-corrected chi connectivity index (χ0v) is 16.8. The van der Waals surface area contributed by atoms with Gasteiger partial charge in [0.1, 0.15) is 17.2 Å². The van der Waals surface area contributed by atoms with E-state index in [-0.39, 0.29) is 12.2 Å². The molecular weight excluding hydrogens is 384 g/mol. The first-order valence-electron chi connectivity index (χ1n) is 9.30. The minimum atomic E-state index is -0.641. The Balaban J connectivity index is 1.51. The minimum absolute atomic E-state index is 0.280. The highest BCUT2D eigenvalue weighted by Crippen LogP contribution is 2.25. The van der Waals surface area contributed by atoms with Gasteiger partial charge in [0.05, 0.1) is 19.8 Å². The Labute approximate surface area is 175 Å². The molecule has 0 N–H and O–H groups in total. The van der Waals surface area contributed by atoms with E-state index in [1.54, 1.807) is 30.3 Å². The minimum Gasteiger partial charge on any atom is -0.497 e. The van der Waals surface area contributed by atoms with Crippen molar-refractivity contribution in [2.45, 2.75) is 0 Å². The second kappa shape index (κ2) is 10.1. The molecule has 0 saturated carbocycles. The standard InChI is InChI=1S/C24H22O6/c1-27-20-12-13-23(28-2)21(14-20)22(25)15-30-24(26)16-29-19-10-8-18(9-11-19)17-6-4-3-5-7-17/h3-14H,15-16H2,1-2H3. The molecule has 0 saturated heterocycles. The lowest BCUT2D eigenvalue weighted by molar-refractivity contribution is -0.144. The third-order valence-corrected chi connectivity index (χ3v) is 4.39. The number of rotatable bonds is 9. The average molecular weight is 406 g/mol. The van der Waals surface area contributed by atoms with Gasteiger partial charge in [0.25, 0.3) is 0 Å². The van der Waals surface area contributed by atoms with Crippen LogP contribution in [0.25, 0.3) is 11.1 Å². The predicted octanol–water partition coefficient (Wildman–Crippen LogP) is 4.18. The molecule has 0 aliphatic heterocycles. The molecule has 0 aliphatic rings. The van der Waals surface area contributed by atoms with Gasteiger partial charge in [-0.2, -0.15) is 0 Å². The number of ether oxygens (including phenoxy) is 4. The number of Topliss-reactive ketones (excluding diaryl/α,β-unsaturated/α-hetero) is 1. The van der Waals surface area contributed by atoms with Crippen LogP contribution < -0.4 is 14.2 Å². The summed E-state index contributed by atoms with van der Waals surface area (Å²) in [7, 11) is 2.96. The Kier molecular flexibility index (Phi) is 7.05. The molecule has 0 radical (unpaired) electrons. The Morgan fingerprint density at radius 3 is 2.07 bits per heavy atom. The van der Waals surface area contributed by atoms with Crippen molar-refractivity contribution < 1.29 is 28.5 Å². The third-order valence-electron chi connectivity index (χ3n) is 4.39. The molecule has 3 aromatic carbocycles. The van der Waals surface area contributed by atoms with Crippen LogP contribution in [0, 0.1) is 0 Å². The maximum Gasteiger partial charge on any atom is 0.344 e. The summed E-state index contributed by atoms with van der Waals surface area (Å²) in [6.07, 6.45) is 0. The van der Waals surface area contributed by atoms with E-state index < -0.39 is 18.4 Å². The van der Waals surface area contributed by atoms with E-state index in [9.17, 15) is 9.59 Å². The number of ketones is 1.